The Labute approximate surface area is 122 Å². The Balaban J connectivity index is 2.09. The van der Waals surface area contributed by atoms with Crippen LogP contribution in [0.3, 0.4) is 0 Å². The number of hydrazine groups is 1. The number of pyridine rings is 1. The van der Waals surface area contributed by atoms with Gasteiger partial charge < -0.3 is 0 Å². The lowest BCUT2D eigenvalue weighted by atomic mass is 9.97. The van der Waals surface area contributed by atoms with Gasteiger partial charge in [-0.2, -0.15) is 0 Å². The molecule has 106 valence electrons. The third-order valence-electron chi connectivity index (χ3n) is 3.57. The monoisotopic (exact) mass is 281 g/mol. The zero-order chi connectivity index (χ0) is 14.8. The van der Waals surface area contributed by atoms with E-state index in [1.54, 1.807) is 18.2 Å². The Kier molecular flexibility index (Phi) is 3.64. The molecule has 0 bridgehead atoms. The van der Waals surface area contributed by atoms with Crippen molar-refractivity contribution in [1.82, 2.24) is 10.4 Å². The maximum atomic E-state index is 14.0. The molecule has 0 aliphatic heterocycles. The molecule has 1 unspecified atom stereocenters. The van der Waals surface area contributed by atoms with Crippen molar-refractivity contribution in [2.45, 2.75) is 13.0 Å². The summed E-state index contributed by atoms with van der Waals surface area (Å²) in [5.74, 6) is 5.37. The van der Waals surface area contributed by atoms with Crippen LogP contribution in [0.2, 0.25) is 0 Å². The first kappa shape index (κ1) is 13.7. The zero-order valence-corrected chi connectivity index (χ0v) is 11.7. The van der Waals surface area contributed by atoms with Gasteiger partial charge in [0, 0.05) is 16.6 Å². The number of halogens is 1. The molecule has 0 saturated heterocycles. The topological polar surface area (TPSA) is 50.9 Å². The van der Waals surface area contributed by atoms with Crippen LogP contribution in [0.5, 0.6) is 0 Å². The van der Waals surface area contributed by atoms with E-state index >= 15 is 0 Å². The average Bonchev–Trinajstić information content (AvgIpc) is 2.50. The van der Waals surface area contributed by atoms with Crippen LogP contribution >= 0.6 is 0 Å². The van der Waals surface area contributed by atoms with Crippen LogP contribution in [0.25, 0.3) is 10.9 Å². The van der Waals surface area contributed by atoms with E-state index < -0.39 is 6.04 Å². The highest BCUT2D eigenvalue weighted by Crippen LogP contribution is 2.26. The number of fused-ring (bicyclic) bond motifs is 1. The third-order valence-corrected chi connectivity index (χ3v) is 3.57. The minimum absolute atomic E-state index is 0.275. The van der Waals surface area contributed by atoms with Gasteiger partial charge in [0.15, 0.2) is 0 Å². The lowest BCUT2D eigenvalue weighted by Gasteiger charge is -2.18. The number of nitrogens with one attached hydrogen (secondary N) is 1. The molecule has 0 radical (unpaired) electrons. The van der Waals surface area contributed by atoms with E-state index in [0.29, 0.717) is 5.56 Å². The first-order chi connectivity index (χ1) is 10.2. The summed E-state index contributed by atoms with van der Waals surface area (Å²) in [5.41, 5.74) is 6.01. The van der Waals surface area contributed by atoms with Gasteiger partial charge in [0.1, 0.15) is 5.82 Å². The first-order valence-corrected chi connectivity index (χ1v) is 6.77. The summed E-state index contributed by atoms with van der Waals surface area (Å²) in [7, 11) is 0. The van der Waals surface area contributed by atoms with E-state index in [-0.39, 0.29) is 5.82 Å². The molecule has 3 aromatic rings. The van der Waals surface area contributed by atoms with Crippen molar-refractivity contribution in [3.63, 3.8) is 0 Å². The summed E-state index contributed by atoms with van der Waals surface area (Å²) in [6.07, 6.45) is 0. The highest BCUT2D eigenvalue weighted by molar-refractivity contribution is 5.79. The molecule has 3 N–H and O–H groups in total. The number of aromatic nitrogens is 1. The van der Waals surface area contributed by atoms with Crippen LogP contribution in [0.1, 0.15) is 22.9 Å². The highest BCUT2D eigenvalue weighted by Gasteiger charge is 2.16. The van der Waals surface area contributed by atoms with Gasteiger partial charge in [-0.15, -0.1) is 0 Å². The van der Waals surface area contributed by atoms with E-state index in [2.05, 4.69) is 10.4 Å². The molecule has 0 spiro atoms. The fraction of sp³-hybridized carbons (Fsp3) is 0.118. The van der Waals surface area contributed by atoms with Crippen LogP contribution < -0.4 is 11.3 Å². The SMILES string of the molecule is Cc1ccc2cc(C(NN)c3ccccc3F)ccc2n1. The molecular weight excluding hydrogens is 265 g/mol. The Morgan fingerprint density at radius 2 is 1.90 bits per heavy atom. The second-order valence-corrected chi connectivity index (χ2v) is 5.03. The molecule has 3 nitrogen and oxygen atoms in total. The number of benzene rings is 2. The van der Waals surface area contributed by atoms with Crippen molar-refractivity contribution in [2.24, 2.45) is 5.84 Å². The number of nitrogens with zero attached hydrogens (tertiary/aromatic N) is 1. The first-order valence-electron chi connectivity index (χ1n) is 6.77. The fourth-order valence-corrected chi connectivity index (χ4v) is 2.50. The molecule has 4 heteroatoms. The Morgan fingerprint density at radius 3 is 2.67 bits per heavy atom. The van der Waals surface area contributed by atoms with Crippen molar-refractivity contribution in [3.05, 3.63) is 77.2 Å². The van der Waals surface area contributed by atoms with E-state index in [1.807, 2.05) is 37.3 Å². The molecule has 21 heavy (non-hydrogen) atoms. The molecule has 1 aromatic heterocycles. The Hall–Kier alpha value is -2.30. The lowest BCUT2D eigenvalue weighted by Crippen LogP contribution is -2.29. The summed E-state index contributed by atoms with van der Waals surface area (Å²) in [5, 5.41) is 1.01. The van der Waals surface area contributed by atoms with E-state index in [1.165, 1.54) is 6.07 Å². The average molecular weight is 281 g/mol. The summed E-state index contributed by atoms with van der Waals surface area (Å²) in [6.45, 7) is 1.96. The molecule has 0 aliphatic rings. The van der Waals surface area contributed by atoms with Crippen LogP contribution in [0, 0.1) is 12.7 Å². The number of nitrogens with two attached hydrogens (primary N) is 1. The van der Waals surface area contributed by atoms with Gasteiger partial charge in [-0.05, 0) is 36.8 Å². The van der Waals surface area contributed by atoms with Gasteiger partial charge in [-0.1, -0.05) is 30.3 Å². The van der Waals surface area contributed by atoms with Crippen molar-refractivity contribution in [1.29, 1.82) is 0 Å². The summed E-state index contributed by atoms with van der Waals surface area (Å²) in [6, 6.07) is 16.1. The Bertz CT molecular complexity index is 786. The summed E-state index contributed by atoms with van der Waals surface area (Å²) >= 11 is 0. The molecule has 0 aliphatic carbocycles. The second kappa shape index (κ2) is 5.60. The largest absolute Gasteiger partial charge is 0.271 e. The third kappa shape index (κ3) is 2.63. The van der Waals surface area contributed by atoms with Crippen LogP contribution in [0.15, 0.2) is 54.6 Å². The number of aryl methyl sites for hydroxylation is 1. The van der Waals surface area contributed by atoms with Gasteiger partial charge >= 0.3 is 0 Å². The predicted molar refractivity (Wildman–Crippen MR) is 82.0 cm³/mol. The predicted octanol–water partition coefficient (Wildman–Crippen LogP) is 3.24. The van der Waals surface area contributed by atoms with E-state index in [4.69, 9.17) is 5.84 Å². The van der Waals surface area contributed by atoms with Crippen molar-refractivity contribution in [3.8, 4) is 0 Å². The van der Waals surface area contributed by atoms with Crippen molar-refractivity contribution in [2.75, 3.05) is 0 Å². The minimum Gasteiger partial charge on any atom is -0.271 e. The standard InChI is InChI=1S/C17H16FN3/c1-11-6-7-12-10-13(8-9-16(12)20-11)17(21-19)14-4-2-3-5-15(14)18/h2-10,17,21H,19H2,1H3. The van der Waals surface area contributed by atoms with Gasteiger partial charge in [-0.3, -0.25) is 10.8 Å². The normalized spacial score (nSPS) is 12.5. The molecule has 0 fully saturated rings. The van der Waals surface area contributed by atoms with E-state index in [9.17, 15) is 4.39 Å². The molecule has 0 saturated carbocycles. The van der Waals surface area contributed by atoms with Crippen molar-refractivity contribution >= 4 is 10.9 Å². The number of rotatable bonds is 3. The van der Waals surface area contributed by atoms with Crippen LogP contribution in [0.4, 0.5) is 4.39 Å². The molecule has 1 heterocycles. The maximum absolute atomic E-state index is 14.0. The highest BCUT2D eigenvalue weighted by atomic mass is 19.1. The second-order valence-electron chi connectivity index (χ2n) is 5.03. The smallest absolute Gasteiger partial charge is 0.128 e. The quantitative estimate of drug-likeness (QED) is 0.572. The summed E-state index contributed by atoms with van der Waals surface area (Å²) < 4.78 is 14.0. The minimum atomic E-state index is -0.392. The van der Waals surface area contributed by atoms with Crippen LogP contribution in [-0.4, -0.2) is 4.98 Å². The Morgan fingerprint density at radius 1 is 1.10 bits per heavy atom. The van der Waals surface area contributed by atoms with Crippen LogP contribution in [-0.2, 0) is 0 Å². The molecule has 0 amide bonds. The van der Waals surface area contributed by atoms with E-state index in [0.717, 1.165) is 22.2 Å². The molecule has 3 rings (SSSR count). The fourth-order valence-electron chi connectivity index (χ4n) is 2.50. The van der Waals surface area contributed by atoms with Gasteiger partial charge in [0.25, 0.3) is 0 Å². The summed E-state index contributed by atoms with van der Waals surface area (Å²) in [4.78, 5) is 4.47. The molecule has 1 atom stereocenters. The van der Waals surface area contributed by atoms with Gasteiger partial charge in [0.2, 0.25) is 0 Å². The molecular formula is C17H16FN3. The van der Waals surface area contributed by atoms with Gasteiger partial charge in [-0.25, -0.2) is 9.82 Å². The maximum Gasteiger partial charge on any atom is 0.128 e. The lowest BCUT2D eigenvalue weighted by molar-refractivity contribution is 0.560. The van der Waals surface area contributed by atoms with Crippen molar-refractivity contribution < 1.29 is 4.39 Å². The van der Waals surface area contributed by atoms with Gasteiger partial charge in [0.05, 0.1) is 11.6 Å². The molecule has 2 aromatic carbocycles. The zero-order valence-electron chi connectivity index (χ0n) is 11.7. The number of hydrogen-bond donors (Lipinski definition) is 2. The number of hydrogen-bond acceptors (Lipinski definition) is 3.